The normalized spacial score (nSPS) is 20.8. The van der Waals surface area contributed by atoms with Gasteiger partial charge in [0.2, 0.25) is 5.91 Å². The van der Waals surface area contributed by atoms with Crippen LogP contribution in [0, 0.1) is 5.82 Å². The zero-order chi connectivity index (χ0) is 17.1. The van der Waals surface area contributed by atoms with Crippen molar-refractivity contribution in [2.75, 3.05) is 19.0 Å². The first-order chi connectivity index (χ1) is 11.6. The van der Waals surface area contributed by atoms with E-state index in [-0.39, 0.29) is 24.2 Å². The molecular weight excluding hydrogens is 311 g/mol. The van der Waals surface area contributed by atoms with Crippen LogP contribution < -0.4 is 5.32 Å². The van der Waals surface area contributed by atoms with E-state index in [1.54, 1.807) is 31.3 Å². The molecule has 2 aromatic carbocycles. The minimum atomic E-state index is -0.877. The highest BCUT2D eigenvalue weighted by molar-refractivity contribution is 5.96. The van der Waals surface area contributed by atoms with E-state index in [9.17, 15) is 14.0 Å². The maximum atomic E-state index is 13.2. The van der Waals surface area contributed by atoms with Gasteiger partial charge in [0.15, 0.2) is 6.10 Å². The Bertz CT molecular complexity index is 734. The van der Waals surface area contributed by atoms with E-state index in [0.29, 0.717) is 11.3 Å². The van der Waals surface area contributed by atoms with E-state index in [2.05, 4.69) is 5.32 Å². The van der Waals surface area contributed by atoms with Crippen LogP contribution in [0.5, 0.6) is 0 Å². The number of ether oxygens (including phenoxy) is 1. The quantitative estimate of drug-likeness (QED) is 0.941. The Balaban J connectivity index is 1.87. The molecule has 0 radical (unpaired) electrons. The van der Waals surface area contributed by atoms with E-state index in [1.165, 1.54) is 17.0 Å². The van der Waals surface area contributed by atoms with Gasteiger partial charge in [0.05, 0.1) is 6.04 Å². The Morgan fingerprint density at radius 1 is 1.17 bits per heavy atom. The third-order valence-corrected chi connectivity index (χ3v) is 4.00. The van der Waals surface area contributed by atoms with Gasteiger partial charge in [-0.1, -0.05) is 30.3 Å². The maximum absolute atomic E-state index is 13.2. The second-order valence-corrected chi connectivity index (χ2v) is 5.59. The number of benzene rings is 2. The number of likely N-dealkylation sites (N-methyl/N-ethyl adjacent to an activating group) is 1. The van der Waals surface area contributed by atoms with Crippen molar-refractivity contribution in [1.29, 1.82) is 0 Å². The number of para-hydroxylation sites is 1. The molecule has 1 fully saturated rings. The topological polar surface area (TPSA) is 58.6 Å². The van der Waals surface area contributed by atoms with Gasteiger partial charge in [-0.2, -0.15) is 0 Å². The van der Waals surface area contributed by atoms with E-state index in [0.717, 1.165) is 0 Å². The van der Waals surface area contributed by atoms with Crippen molar-refractivity contribution in [3.63, 3.8) is 0 Å². The van der Waals surface area contributed by atoms with Crippen LogP contribution in [0.1, 0.15) is 11.6 Å². The molecule has 2 atom stereocenters. The molecule has 2 amide bonds. The molecule has 24 heavy (non-hydrogen) atoms. The summed E-state index contributed by atoms with van der Waals surface area (Å²) in [5, 5.41) is 2.78. The summed E-state index contributed by atoms with van der Waals surface area (Å²) < 4.78 is 18.7. The molecule has 5 nitrogen and oxygen atoms in total. The lowest BCUT2D eigenvalue weighted by atomic mass is 9.97. The van der Waals surface area contributed by atoms with Gasteiger partial charge >= 0.3 is 0 Å². The summed E-state index contributed by atoms with van der Waals surface area (Å²) >= 11 is 0. The fraction of sp³-hybridized carbons (Fsp3) is 0.222. The van der Waals surface area contributed by atoms with Gasteiger partial charge in [-0.15, -0.1) is 0 Å². The highest BCUT2D eigenvalue weighted by Crippen LogP contribution is 2.30. The Morgan fingerprint density at radius 2 is 1.83 bits per heavy atom. The molecule has 0 aromatic heterocycles. The molecule has 0 bridgehead atoms. The molecule has 0 spiro atoms. The minimum Gasteiger partial charge on any atom is -0.356 e. The van der Waals surface area contributed by atoms with Crippen LogP contribution in [0.25, 0.3) is 0 Å². The van der Waals surface area contributed by atoms with Crippen molar-refractivity contribution >= 4 is 17.5 Å². The number of carbonyl (C=O) groups excluding carboxylic acids is 2. The number of morpholine rings is 1. The Morgan fingerprint density at radius 3 is 2.50 bits per heavy atom. The highest BCUT2D eigenvalue weighted by atomic mass is 19.1. The summed E-state index contributed by atoms with van der Waals surface area (Å²) in [5.74, 6) is -0.960. The van der Waals surface area contributed by atoms with Gasteiger partial charge < -0.3 is 15.0 Å². The van der Waals surface area contributed by atoms with Crippen LogP contribution in [0.4, 0.5) is 10.1 Å². The largest absolute Gasteiger partial charge is 0.356 e. The summed E-state index contributed by atoms with van der Waals surface area (Å²) in [6.07, 6.45) is -0.877. The van der Waals surface area contributed by atoms with Gasteiger partial charge in [-0.25, -0.2) is 4.39 Å². The Labute approximate surface area is 139 Å². The zero-order valence-electron chi connectivity index (χ0n) is 13.1. The maximum Gasteiger partial charge on any atom is 0.256 e. The molecule has 1 aliphatic heterocycles. The van der Waals surface area contributed by atoms with E-state index in [4.69, 9.17) is 4.74 Å². The number of anilines is 1. The van der Waals surface area contributed by atoms with Gasteiger partial charge in [0, 0.05) is 12.7 Å². The fourth-order valence-corrected chi connectivity index (χ4v) is 2.72. The van der Waals surface area contributed by atoms with Crippen LogP contribution in [0.15, 0.2) is 54.6 Å². The Hall–Kier alpha value is -2.73. The zero-order valence-corrected chi connectivity index (χ0v) is 13.1. The molecular formula is C18H17FN2O3. The average Bonchev–Trinajstić information content (AvgIpc) is 2.59. The van der Waals surface area contributed by atoms with Crippen LogP contribution in [-0.2, 0) is 14.3 Å². The predicted octanol–water partition coefficient (Wildman–Crippen LogP) is 2.36. The minimum absolute atomic E-state index is 0.166. The lowest BCUT2D eigenvalue weighted by Crippen LogP contribution is -2.51. The molecule has 0 aliphatic carbocycles. The molecule has 2 aromatic rings. The summed E-state index contributed by atoms with van der Waals surface area (Å²) in [6, 6.07) is 14.1. The molecule has 3 rings (SSSR count). The lowest BCUT2D eigenvalue weighted by molar-refractivity contribution is -0.160. The number of halogens is 1. The molecule has 1 N–H and O–H groups in total. The third kappa shape index (κ3) is 3.28. The van der Waals surface area contributed by atoms with Crippen LogP contribution in [-0.4, -0.2) is 36.5 Å². The van der Waals surface area contributed by atoms with Crippen LogP contribution in [0.3, 0.4) is 0 Å². The first-order valence-electron chi connectivity index (χ1n) is 7.55. The molecule has 6 heteroatoms. The smallest absolute Gasteiger partial charge is 0.256 e. The number of hydrogen-bond donors (Lipinski definition) is 1. The van der Waals surface area contributed by atoms with Crippen molar-refractivity contribution in [3.8, 4) is 0 Å². The Kier molecular flexibility index (Phi) is 4.57. The van der Waals surface area contributed by atoms with Gasteiger partial charge in [0.25, 0.3) is 5.91 Å². The van der Waals surface area contributed by atoms with Gasteiger partial charge in [0.1, 0.15) is 12.4 Å². The number of hydrogen-bond acceptors (Lipinski definition) is 3. The molecule has 1 saturated heterocycles. The molecule has 124 valence electrons. The molecule has 1 aliphatic rings. The van der Waals surface area contributed by atoms with Crippen molar-refractivity contribution in [2.24, 2.45) is 0 Å². The number of rotatable bonds is 3. The van der Waals surface area contributed by atoms with Gasteiger partial charge in [-0.3, -0.25) is 9.59 Å². The summed E-state index contributed by atoms with van der Waals surface area (Å²) in [7, 11) is 1.61. The first-order valence-corrected chi connectivity index (χ1v) is 7.55. The highest BCUT2D eigenvalue weighted by Gasteiger charge is 2.40. The van der Waals surface area contributed by atoms with E-state index in [1.807, 2.05) is 18.2 Å². The van der Waals surface area contributed by atoms with Crippen molar-refractivity contribution in [1.82, 2.24) is 4.90 Å². The second kappa shape index (κ2) is 6.80. The summed E-state index contributed by atoms with van der Waals surface area (Å²) in [5.41, 5.74) is 1.28. The summed E-state index contributed by atoms with van der Waals surface area (Å²) in [6.45, 7) is -0.166. The standard InChI is InChI=1S/C18H17FN2O3/c1-21-15(22)11-24-17(16(21)12-7-9-13(19)10-8-12)18(23)20-14-5-3-2-4-6-14/h2-10,16-17H,11H2,1H3,(H,20,23)/t16-,17+/m0/s1. The number of amides is 2. The SMILES string of the molecule is CN1C(=O)CO[C@@H](C(=O)Nc2ccccc2)[C@@H]1c1ccc(F)cc1. The second-order valence-electron chi connectivity index (χ2n) is 5.59. The van der Waals surface area contributed by atoms with Crippen molar-refractivity contribution in [2.45, 2.75) is 12.1 Å². The molecule has 0 unspecified atom stereocenters. The first kappa shape index (κ1) is 16.1. The fourth-order valence-electron chi connectivity index (χ4n) is 2.72. The molecule has 1 heterocycles. The lowest BCUT2D eigenvalue weighted by Gasteiger charge is -2.38. The van der Waals surface area contributed by atoms with Crippen LogP contribution >= 0.6 is 0 Å². The summed E-state index contributed by atoms with van der Waals surface area (Å²) in [4.78, 5) is 26.1. The van der Waals surface area contributed by atoms with Crippen LogP contribution in [0.2, 0.25) is 0 Å². The third-order valence-electron chi connectivity index (χ3n) is 4.00. The van der Waals surface area contributed by atoms with Crippen molar-refractivity contribution < 1.29 is 18.7 Å². The molecule has 0 saturated carbocycles. The van der Waals surface area contributed by atoms with Crippen molar-refractivity contribution in [3.05, 3.63) is 66.0 Å². The monoisotopic (exact) mass is 328 g/mol. The van der Waals surface area contributed by atoms with E-state index < -0.39 is 12.1 Å². The number of carbonyl (C=O) groups is 2. The average molecular weight is 328 g/mol. The number of nitrogens with zero attached hydrogens (tertiary/aromatic N) is 1. The predicted molar refractivity (Wildman–Crippen MR) is 86.7 cm³/mol. The van der Waals surface area contributed by atoms with E-state index >= 15 is 0 Å². The number of nitrogens with one attached hydrogen (secondary N) is 1. The van der Waals surface area contributed by atoms with Gasteiger partial charge in [-0.05, 0) is 29.8 Å².